The van der Waals surface area contributed by atoms with Gasteiger partial charge in [-0.2, -0.15) is 0 Å². The van der Waals surface area contributed by atoms with Crippen molar-refractivity contribution < 1.29 is 5.11 Å². The molecule has 2 heteroatoms. The lowest BCUT2D eigenvalue weighted by Gasteiger charge is -2.53. The van der Waals surface area contributed by atoms with E-state index < -0.39 is 0 Å². The van der Waals surface area contributed by atoms with Crippen LogP contribution in [0.3, 0.4) is 0 Å². The van der Waals surface area contributed by atoms with Crippen molar-refractivity contribution in [3.63, 3.8) is 0 Å². The fraction of sp³-hybridized carbons (Fsp3) is 0.538. The number of halogens is 1. The Hall–Kier alpha value is -0.530. The molecule has 0 aromatic heterocycles. The summed E-state index contributed by atoms with van der Waals surface area (Å²) in [6.45, 7) is 4.73. The van der Waals surface area contributed by atoms with Gasteiger partial charge in [0.05, 0.1) is 6.61 Å². The quantitative estimate of drug-likeness (QED) is 0.817. The van der Waals surface area contributed by atoms with Gasteiger partial charge in [-0.05, 0) is 36.0 Å². The first-order valence-corrected chi connectivity index (χ1v) is 5.72. The Kier molecular flexibility index (Phi) is 2.56. The van der Waals surface area contributed by atoms with Crippen molar-refractivity contribution in [2.24, 2.45) is 5.41 Å². The minimum Gasteiger partial charge on any atom is -0.395 e. The molecule has 0 aliphatic heterocycles. The predicted molar refractivity (Wildman–Crippen MR) is 63.2 cm³/mol. The van der Waals surface area contributed by atoms with Gasteiger partial charge in [0.15, 0.2) is 0 Å². The summed E-state index contributed by atoms with van der Waals surface area (Å²) < 4.78 is 0. The zero-order valence-electron chi connectivity index (χ0n) is 9.26. The topological polar surface area (TPSA) is 20.2 Å². The Morgan fingerprint density at radius 1 is 1.20 bits per heavy atom. The van der Waals surface area contributed by atoms with E-state index in [0.29, 0.717) is 5.41 Å². The first-order valence-electron chi connectivity index (χ1n) is 5.34. The van der Waals surface area contributed by atoms with E-state index in [1.807, 2.05) is 24.3 Å². The Bertz CT molecular complexity index is 345. The molecule has 1 fully saturated rings. The molecule has 1 aromatic rings. The van der Waals surface area contributed by atoms with Gasteiger partial charge in [-0.3, -0.25) is 0 Å². The first kappa shape index (κ1) is 11.0. The van der Waals surface area contributed by atoms with Gasteiger partial charge in [0, 0.05) is 10.4 Å². The van der Waals surface area contributed by atoms with Gasteiger partial charge < -0.3 is 5.11 Å². The first-order chi connectivity index (χ1) is 6.97. The molecule has 2 rings (SSSR count). The third-order valence-electron chi connectivity index (χ3n) is 3.39. The highest BCUT2D eigenvalue weighted by Crippen LogP contribution is 2.55. The minimum atomic E-state index is -0.0198. The highest BCUT2D eigenvalue weighted by atomic mass is 35.5. The molecule has 15 heavy (non-hydrogen) atoms. The molecule has 0 radical (unpaired) electrons. The molecule has 1 saturated carbocycles. The fourth-order valence-electron chi connectivity index (χ4n) is 2.99. The molecule has 0 heterocycles. The molecule has 0 atom stereocenters. The number of hydrogen-bond acceptors (Lipinski definition) is 1. The summed E-state index contributed by atoms with van der Waals surface area (Å²) in [5.74, 6) is 0. The average molecular weight is 225 g/mol. The van der Waals surface area contributed by atoms with Crippen molar-refractivity contribution in [1.82, 2.24) is 0 Å². The van der Waals surface area contributed by atoms with E-state index in [4.69, 9.17) is 11.6 Å². The Morgan fingerprint density at radius 3 is 2.13 bits per heavy atom. The maximum absolute atomic E-state index is 9.56. The number of benzene rings is 1. The highest BCUT2D eigenvalue weighted by molar-refractivity contribution is 6.30. The summed E-state index contributed by atoms with van der Waals surface area (Å²) in [6, 6.07) is 7.88. The zero-order valence-corrected chi connectivity index (χ0v) is 10.0. The summed E-state index contributed by atoms with van der Waals surface area (Å²) in [4.78, 5) is 0. The summed E-state index contributed by atoms with van der Waals surface area (Å²) in [6.07, 6.45) is 2.11. The van der Waals surface area contributed by atoms with Crippen molar-refractivity contribution in [1.29, 1.82) is 0 Å². The third-order valence-corrected chi connectivity index (χ3v) is 3.65. The Balaban J connectivity index is 2.25. The lowest BCUT2D eigenvalue weighted by Crippen LogP contribution is -2.49. The van der Waals surface area contributed by atoms with Crippen LogP contribution in [-0.4, -0.2) is 11.7 Å². The van der Waals surface area contributed by atoms with Gasteiger partial charge >= 0.3 is 0 Å². The second kappa shape index (κ2) is 3.50. The number of aliphatic hydroxyl groups excluding tert-OH is 1. The lowest BCUT2D eigenvalue weighted by atomic mass is 9.52. The smallest absolute Gasteiger partial charge is 0.0528 e. The predicted octanol–water partition coefficient (Wildman–Crippen LogP) is 3.39. The summed E-state index contributed by atoms with van der Waals surface area (Å²) in [5, 5.41) is 10.3. The monoisotopic (exact) mass is 224 g/mol. The highest BCUT2D eigenvalue weighted by Gasteiger charge is 2.49. The third kappa shape index (κ3) is 1.91. The summed E-state index contributed by atoms with van der Waals surface area (Å²) in [5.41, 5.74) is 1.56. The second-order valence-electron chi connectivity index (χ2n) is 5.46. The van der Waals surface area contributed by atoms with Crippen LogP contribution >= 0.6 is 11.6 Å². The van der Waals surface area contributed by atoms with Crippen molar-refractivity contribution in [3.8, 4) is 0 Å². The molecule has 0 amide bonds. The van der Waals surface area contributed by atoms with Crippen LogP contribution in [0.2, 0.25) is 5.02 Å². The van der Waals surface area contributed by atoms with Gasteiger partial charge in [-0.1, -0.05) is 37.6 Å². The molecule has 82 valence electrons. The summed E-state index contributed by atoms with van der Waals surface area (Å²) in [7, 11) is 0. The van der Waals surface area contributed by atoms with E-state index in [9.17, 15) is 5.11 Å². The van der Waals surface area contributed by atoms with Crippen LogP contribution in [0.15, 0.2) is 24.3 Å². The van der Waals surface area contributed by atoms with Crippen LogP contribution in [0.5, 0.6) is 0 Å². The normalized spacial score (nSPS) is 22.1. The van der Waals surface area contributed by atoms with Crippen molar-refractivity contribution in [3.05, 3.63) is 34.9 Å². The molecule has 1 aliphatic rings. The molecule has 0 spiro atoms. The molecule has 0 saturated heterocycles. The van der Waals surface area contributed by atoms with Crippen LogP contribution < -0.4 is 0 Å². The maximum atomic E-state index is 9.56. The van der Waals surface area contributed by atoms with Gasteiger partial charge in [0.2, 0.25) is 0 Å². The number of aliphatic hydroxyl groups is 1. The molecular weight excluding hydrogens is 208 g/mol. The molecule has 0 unspecified atom stereocenters. The van der Waals surface area contributed by atoms with Crippen LogP contribution in [0, 0.1) is 5.41 Å². The van der Waals surface area contributed by atoms with Crippen LogP contribution in [-0.2, 0) is 5.41 Å². The molecule has 0 bridgehead atoms. The lowest BCUT2D eigenvalue weighted by molar-refractivity contribution is 0.00954. The van der Waals surface area contributed by atoms with Crippen LogP contribution in [0.1, 0.15) is 32.3 Å². The van der Waals surface area contributed by atoms with Crippen LogP contribution in [0.4, 0.5) is 0 Å². The fourth-order valence-corrected chi connectivity index (χ4v) is 3.12. The van der Waals surface area contributed by atoms with E-state index in [-0.39, 0.29) is 12.0 Å². The van der Waals surface area contributed by atoms with E-state index in [2.05, 4.69) is 13.8 Å². The standard InChI is InChI=1S/C13H17ClO/c1-12(2)7-13(8-12,9-15)10-3-5-11(14)6-4-10/h3-6,15H,7-9H2,1-2H3. The molecule has 1 aromatic carbocycles. The Morgan fingerprint density at radius 2 is 1.73 bits per heavy atom. The largest absolute Gasteiger partial charge is 0.395 e. The van der Waals surface area contributed by atoms with Crippen molar-refractivity contribution in [2.45, 2.75) is 32.1 Å². The number of hydrogen-bond donors (Lipinski definition) is 1. The van der Waals surface area contributed by atoms with E-state index in [1.54, 1.807) is 0 Å². The van der Waals surface area contributed by atoms with E-state index >= 15 is 0 Å². The SMILES string of the molecule is CC1(C)CC(CO)(c2ccc(Cl)cc2)C1. The van der Waals surface area contributed by atoms with Crippen molar-refractivity contribution in [2.75, 3.05) is 6.61 Å². The number of rotatable bonds is 2. The second-order valence-corrected chi connectivity index (χ2v) is 5.90. The van der Waals surface area contributed by atoms with Crippen LogP contribution in [0.25, 0.3) is 0 Å². The van der Waals surface area contributed by atoms with Crippen molar-refractivity contribution >= 4 is 11.6 Å². The van der Waals surface area contributed by atoms with E-state index in [1.165, 1.54) is 5.56 Å². The molecule has 1 aliphatic carbocycles. The van der Waals surface area contributed by atoms with Gasteiger partial charge in [-0.15, -0.1) is 0 Å². The zero-order chi connectivity index (χ0) is 11.1. The summed E-state index contributed by atoms with van der Waals surface area (Å²) >= 11 is 5.86. The molecule has 1 nitrogen and oxygen atoms in total. The molecular formula is C13H17ClO. The maximum Gasteiger partial charge on any atom is 0.0528 e. The van der Waals surface area contributed by atoms with E-state index in [0.717, 1.165) is 17.9 Å². The van der Waals surface area contributed by atoms with Gasteiger partial charge in [0.1, 0.15) is 0 Å². The Labute approximate surface area is 96.1 Å². The minimum absolute atomic E-state index is 0.0198. The molecule has 1 N–H and O–H groups in total. The average Bonchev–Trinajstić information content (AvgIpc) is 2.14. The van der Waals surface area contributed by atoms with Gasteiger partial charge in [-0.25, -0.2) is 0 Å². The van der Waals surface area contributed by atoms with Gasteiger partial charge in [0.25, 0.3) is 0 Å².